The van der Waals surface area contributed by atoms with Gasteiger partial charge in [-0.1, -0.05) is 35.9 Å². The van der Waals surface area contributed by atoms with E-state index in [1.54, 1.807) is 18.2 Å². The van der Waals surface area contributed by atoms with Gasteiger partial charge in [0, 0.05) is 5.02 Å². The molecule has 2 aromatic rings. The van der Waals surface area contributed by atoms with Crippen molar-refractivity contribution in [3.63, 3.8) is 0 Å². The Balaban J connectivity index is 1.89. The second kappa shape index (κ2) is 8.44. The van der Waals surface area contributed by atoms with Crippen molar-refractivity contribution in [1.82, 2.24) is 5.32 Å². The van der Waals surface area contributed by atoms with Gasteiger partial charge in [-0.25, -0.2) is 0 Å². The zero-order valence-electron chi connectivity index (χ0n) is 13.2. The van der Waals surface area contributed by atoms with Crippen molar-refractivity contribution < 1.29 is 14.3 Å². The van der Waals surface area contributed by atoms with Gasteiger partial charge >= 0.3 is 0 Å². The highest BCUT2D eigenvalue weighted by molar-refractivity contribution is 6.30. The lowest BCUT2D eigenvalue weighted by molar-refractivity contribution is -0.123. The van der Waals surface area contributed by atoms with E-state index in [0.717, 1.165) is 5.56 Å². The summed E-state index contributed by atoms with van der Waals surface area (Å²) in [6, 6.07) is 14.5. The topological polar surface area (TPSA) is 47.6 Å². The molecule has 0 fully saturated rings. The number of halogens is 1. The van der Waals surface area contributed by atoms with E-state index in [1.165, 1.54) is 0 Å². The Bertz CT molecular complexity index is 643. The molecule has 1 amide bonds. The molecule has 2 aromatic carbocycles. The standard InChI is InChI=1S/C18H20ClNO3/c1-3-22-16-6-4-5-7-17(16)23-12-18(21)20-13(2)14-8-10-15(19)11-9-14/h4-11,13H,3,12H2,1-2H3,(H,20,21)/t13-/m1/s1. The van der Waals surface area contributed by atoms with Crippen molar-refractivity contribution >= 4 is 17.5 Å². The Morgan fingerprint density at radius 2 is 1.70 bits per heavy atom. The van der Waals surface area contributed by atoms with Crippen LogP contribution in [0.1, 0.15) is 25.5 Å². The van der Waals surface area contributed by atoms with E-state index in [-0.39, 0.29) is 18.6 Å². The van der Waals surface area contributed by atoms with Gasteiger partial charge in [0.15, 0.2) is 18.1 Å². The molecule has 0 aliphatic carbocycles. The summed E-state index contributed by atoms with van der Waals surface area (Å²) in [5.74, 6) is 0.996. The molecule has 0 saturated heterocycles. The average molecular weight is 334 g/mol. The van der Waals surface area contributed by atoms with Crippen LogP contribution in [0.15, 0.2) is 48.5 Å². The summed E-state index contributed by atoms with van der Waals surface area (Å²) in [7, 11) is 0. The third-order valence-electron chi connectivity index (χ3n) is 3.26. The third kappa shape index (κ3) is 5.18. The Labute approximate surface area is 141 Å². The van der Waals surface area contributed by atoms with Crippen molar-refractivity contribution in [3.05, 3.63) is 59.1 Å². The number of hydrogen-bond donors (Lipinski definition) is 1. The molecule has 1 atom stereocenters. The fourth-order valence-electron chi connectivity index (χ4n) is 2.11. The molecule has 4 nitrogen and oxygen atoms in total. The van der Waals surface area contributed by atoms with E-state index in [2.05, 4.69) is 5.32 Å². The zero-order chi connectivity index (χ0) is 16.7. The summed E-state index contributed by atoms with van der Waals surface area (Å²) >= 11 is 5.86. The normalized spacial score (nSPS) is 11.6. The molecule has 1 N–H and O–H groups in total. The molecule has 0 saturated carbocycles. The highest BCUT2D eigenvalue weighted by atomic mass is 35.5. The summed E-state index contributed by atoms with van der Waals surface area (Å²) in [6.07, 6.45) is 0. The molecular weight excluding hydrogens is 314 g/mol. The molecule has 0 aliphatic heterocycles. The lowest BCUT2D eigenvalue weighted by atomic mass is 10.1. The van der Waals surface area contributed by atoms with Gasteiger partial charge in [0.2, 0.25) is 0 Å². The van der Waals surface area contributed by atoms with Crippen molar-refractivity contribution in [2.75, 3.05) is 13.2 Å². The van der Waals surface area contributed by atoms with Crippen LogP contribution >= 0.6 is 11.6 Å². The van der Waals surface area contributed by atoms with Crippen molar-refractivity contribution in [2.24, 2.45) is 0 Å². The van der Waals surface area contributed by atoms with Gasteiger partial charge < -0.3 is 14.8 Å². The molecule has 0 radical (unpaired) electrons. The molecule has 0 bridgehead atoms. The monoisotopic (exact) mass is 333 g/mol. The van der Waals surface area contributed by atoms with Crippen LogP contribution in [0.5, 0.6) is 11.5 Å². The van der Waals surface area contributed by atoms with E-state index in [9.17, 15) is 4.79 Å². The van der Waals surface area contributed by atoms with Crippen LogP contribution in [0, 0.1) is 0 Å². The van der Waals surface area contributed by atoms with Gasteiger partial charge in [-0.05, 0) is 43.7 Å². The molecule has 0 heterocycles. The number of hydrogen-bond acceptors (Lipinski definition) is 3. The quantitative estimate of drug-likeness (QED) is 0.833. The van der Waals surface area contributed by atoms with E-state index >= 15 is 0 Å². The largest absolute Gasteiger partial charge is 0.490 e. The van der Waals surface area contributed by atoms with E-state index in [1.807, 2.05) is 44.2 Å². The predicted molar refractivity (Wildman–Crippen MR) is 91.1 cm³/mol. The number of nitrogens with one attached hydrogen (secondary N) is 1. The first kappa shape index (κ1) is 17.2. The van der Waals surface area contributed by atoms with Crippen molar-refractivity contribution in [1.29, 1.82) is 0 Å². The number of amides is 1. The van der Waals surface area contributed by atoms with E-state index in [4.69, 9.17) is 21.1 Å². The molecule has 23 heavy (non-hydrogen) atoms. The third-order valence-corrected chi connectivity index (χ3v) is 3.51. The molecule has 122 valence electrons. The maximum absolute atomic E-state index is 12.0. The van der Waals surface area contributed by atoms with Crippen LogP contribution in [0.25, 0.3) is 0 Å². The SMILES string of the molecule is CCOc1ccccc1OCC(=O)N[C@H](C)c1ccc(Cl)cc1. The van der Waals surface area contributed by atoms with Crippen LogP contribution in [0.3, 0.4) is 0 Å². The minimum Gasteiger partial charge on any atom is -0.490 e. The van der Waals surface area contributed by atoms with Gasteiger partial charge in [-0.2, -0.15) is 0 Å². The first-order valence-electron chi connectivity index (χ1n) is 7.49. The first-order valence-corrected chi connectivity index (χ1v) is 7.87. The van der Waals surface area contributed by atoms with Crippen molar-refractivity contribution in [3.8, 4) is 11.5 Å². The van der Waals surface area contributed by atoms with Crippen LogP contribution in [-0.2, 0) is 4.79 Å². The molecular formula is C18H20ClNO3. The van der Waals surface area contributed by atoms with Gasteiger partial charge in [0.25, 0.3) is 5.91 Å². The predicted octanol–water partition coefficient (Wildman–Crippen LogP) is 3.99. The smallest absolute Gasteiger partial charge is 0.258 e. The minimum absolute atomic E-state index is 0.0674. The van der Waals surface area contributed by atoms with Gasteiger partial charge in [-0.3, -0.25) is 4.79 Å². The van der Waals surface area contributed by atoms with Gasteiger partial charge in [0.05, 0.1) is 12.6 Å². The second-order valence-electron chi connectivity index (χ2n) is 5.01. The number of carbonyl (C=O) groups excluding carboxylic acids is 1. The fraction of sp³-hybridized carbons (Fsp3) is 0.278. The van der Waals surface area contributed by atoms with E-state index < -0.39 is 0 Å². The number of benzene rings is 2. The summed E-state index contributed by atoms with van der Waals surface area (Å²) in [5.41, 5.74) is 0.984. The molecule has 5 heteroatoms. The number of rotatable bonds is 7. The molecule has 0 unspecified atom stereocenters. The highest BCUT2D eigenvalue weighted by Gasteiger charge is 2.11. The van der Waals surface area contributed by atoms with Crippen LogP contribution in [0.4, 0.5) is 0 Å². The van der Waals surface area contributed by atoms with Gasteiger partial charge in [0.1, 0.15) is 0 Å². The van der Waals surface area contributed by atoms with Crippen molar-refractivity contribution in [2.45, 2.75) is 19.9 Å². The van der Waals surface area contributed by atoms with Crippen LogP contribution in [-0.4, -0.2) is 19.1 Å². The van der Waals surface area contributed by atoms with Gasteiger partial charge in [-0.15, -0.1) is 0 Å². The minimum atomic E-state index is -0.196. The van der Waals surface area contributed by atoms with E-state index in [0.29, 0.717) is 23.1 Å². The summed E-state index contributed by atoms with van der Waals surface area (Å²) in [4.78, 5) is 12.0. The van der Waals surface area contributed by atoms with Crippen LogP contribution in [0.2, 0.25) is 5.02 Å². The Morgan fingerprint density at radius 1 is 1.09 bits per heavy atom. The molecule has 0 aliphatic rings. The number of carbonyl (C=O) groups is 1. The highest BCUT2D eigenvalue weighted by Crippen LogP contribution is 2.26. The maximum atomic E-state index is 12.0. The molecule has 0 aromatic heterocycles. The Hall–Kier alpha value is -2.20. The van der Waals surface area contributed by atoms with Crippen LogP contribution < -0.4 is 14.8 Å². The lowest BCUT2D eigenvalue weighted by Gasteiger charge is -2.15. The molecule has 0 spiro atoms. The maximum Gasteiger partial charge on any atom is 0.258 e. The summed E-state index contributed by atoms with van der Waals surface area (Å²) < 4.78 is 11.0. The Morgan fingerprint density at radius 3 is 2.30 bits per heavy atom. The lowest BCUT2D eigenvalue weighted by Crippen LogP contribution is -2.31. The summed E-state index contributed by atoms with van der Waals surface area (Å²) in [5, 5.41) is 3.56. The number of ether oxygens (including phenoxy) is 2. The average Bonchev–Trinajstić information content (AvgIpc) is 2.55. The summed E-state index contributed by atoms with van der Waals surface area (Å²) in [6.45, 7) is 4.29. The fourth-order valence-corrected chi connectivity index (χ4v) is 2.23. The zero-order valence-corrected chi connectivity index (χ0v) is 14.0. The number of para-hydroxylation sites is 2. The second-order valence-corrected chi connectivity index (χ2v) is 5.45. The Kier molecular flexibility index (Phi) is 6.29. The molecule has 2 rings (SSSR count). The first-order chi connectivity index (χ1) is 11.1.